The molecule has 1 heterocycles. The molecule has 5 heteroatoms. The van der Waals surface area contributed by atoms with E-state index < -0.39 is 6.04 Å². The van der Waals surface area contributed by atoms with Gasteiger partial charge in [-0.15, -0.1) is 11.3 Å². The molecule has 2 rings (SSSR count). The lowest BCUT2D eigenvalue weighted by Gasteiger charge is -2.25. The Bertz CT molecular complexity index is 556. The summed E-state index contributed by atoms with van der Waals surface area (Å²) in [6, 6.07) is 13.3. The van der Waals surface area contributed by atoms with E-state index in [1.807, 2.05) is 54.4 Å². The summed E-state index contributed by atoms with van der Waals surface area (Å²) in [5, 5.41) is 0. The molecule has 1 amide bonds. The van der Waals surface area contributed by atoms with Crippen molar-refractivity contribution in [1.82, 2.24) is 4.90 Å². The van der Waals surface area contributed by atoms with Gasteiger partial charge in [0.25, 0.3) is 0 Å². The summed E-state index contributed by atoms with van der Waals surface area (Å²) in [6.07, 6.45) is 0. The highest BCUT2D eigenvalue weighted by Gasteiger charge is 2.22. The monoisotopic (exact) mass is 338 g/mol. The van der Waals surface area contributed by atoms with Gasteiger partial charge in [0.15, 0.2) is 0 Å². The number of carbonyl (C=O) groups is 1. The zero-order valence-corrected chi connectivity index (χ0v) is 12.9. The van der Waals surface area contributed by atoms with E-state index in [1.165, 1.54) is 4.88 Å². The molecule has 2 N–H and O–H groups in total. The molecule has 0 aliphatic heterocycles. The first-order chi connectivity index (χ1) is 9.08. The molecule has 0 saturated carbocycles. The molecule has 0 aliphatic rings. The summed E-state index contributed by atoms with van der Waals surface area (Å²) in [7, 11) is 1.91. The molecule has 0 unspecified atom stereocenters. The van der Waals surface area contributed by atoms with Crippen LogP contribution in [0.3, 0.4) is 0 Å². The second-order valence-electron chi connectivity index (χ2n) is 4.34. The molecule has 2 aromatic rings. The van der Waals surface area contributed by atoms with Crippen LogP contribution >= 0.6 is 27.3 Å². The maximum absolute atomic E-state index is 11.7. The number of primary amides is 1. The zero-order chi connectivity index (χ0) is 13.8. The summed E-state index contributed by atoms with van der Waals surface area (Å²) < 4.78 is 1.09. The third kappa shape index (κ3) is 3.65. The third-order valence-electron chi connectivity index (χ3n) is 2.86. The maximum Gasteiger partial charge on any atom is 0.239 e. The van der Waals surface area contributed by atoms with Crippen LogP contribution in [0.2, 0.25) is 0 Å². The van der Waals surface area contributed by atoms with Crippen LogP contribution in [-0.4, -0.2) is 17.9 Å². The second kappa shape index (κ2) is 6.32. The van der Waals surface area contributed by atoms with Crippen molar-refractivity contribution >= 4 is 33.2 Å². The Hall–Kier alpha value is -1.17. The SMILES string of the molecule is CN(Cc1ccc(Br)s1)[C@@H](C(N)=O)c1ccccc1. The largest absolute Gasteiger partial charge is 0.368 e. The lowest BCUT2D eigenvalue weighted by molar-refractivity contribution is -0.123. The summed E-state index contributed by atoms with van der Waals surface area (Å²) in [4.78, 5) is 14.9. The summed E-state index contributed by atoms with van der Waals surface area (Å²) in [5.74, 6) is -0.329. The molecule has 0 bridgehead atoms. The predicted octanol–water partition coefficient (Wildman–Crippen LogP) is 3.17. The number of amides is 1. The van der Waals surface area contributed by atoms with Crippen molar-refractivity contribution in [1.29, 1.82) is 0 Å². The minimum absolute atomic E-state index is 0.329. The summed E-state index contributed by atoms with van der Waals surface area (Å²) in [5.41, 5.74) is 6.47. The highest BCUT2D eigenvalue weighted by Crippen LogP contribution is 2.26. The van der Waals surface area contributed by atoms with Crippen LogP contribution in [0, 0.1) is 0 Å². The summed E-state index contributed by atoms with van der Waals surface area (Å²) >= 11 is 5.10. The van der Waals surface area contributed by atoms with Crippen LogP contribution in [0.5, 0.6) is 0 Å². The average Bonchev–Trinajstić information content (AvgIpc) is 2.75. The van der Waals surface area contributed by atoms with E-state index in [4.69, 9.17) is 5.73 Å². The lowest BCUT2D eigenvalue weighted by Crippen LogP contribution is -2.34. The number of nitrogens with zero attached hydrogens (tertiary/aromatic N) is 1. The van der Waals surface area contributed by atoms with Gasteiger partial charge in [-0.2, -0.15) is 0 Å². The fourth-order valence-electron chi connectivity index (χ4n) is 2.05. The quantitative estimate of drug-likeness (QED) is 0.910. The number of thiophene rings is 1. The van der Waals surface area contributed by atoms with Gasteiger partial charge in [-0.25, -0.2) is 0 Å². The Kier molecular flexibility index (Phi) is 4.74. The van der Waals surface area contributed by atoms with Crippen molar-refractivity contribution < 1.29 is 4.79 Å². The van der Waals surface area contributed by atoms with Crippen LogP contribution in [0.1, 0.15) is 16.5 Å². The van der Waals surface area contributed by atoms with Gasteiger partial charge < -0.3 is 5.73 Å². The molecular formula is C14H15BrN2OS. The third-order valence-corrected chi connectivity index (χ3v) is 4.47. The fraction of sp³-hybridized carbons (Fsp3) is 0.214. The van der Waals surface area contributed by atoms with E-state index in [-0.39, 0.29) is 5.91 Å². The minimum atomic E-state index is -0.401. The smallest absolute Gasteiger partial charge is 0.239 e. The van der Waals surface area contributed by atoms with Gasteiger partial charge in [0.1, 0.15) is 6.04 Å². The zero-order valence-electron chi connectivity index (χ0n) is 10.5. The van der Waals surface area contributed by atoms with E-state index in [2.05, 4.69) is 15.9 Å². The van der Waals surface area contributed by atoms with Crippen LogP contribution < -0.4 is 5.73 Å². The molecule has 100 valence electrons. The first kappa shape index (κ1) is 14.2. The highest BCUT2D eigenvalue weighted by molar-refractivity contribution is 9.11. The van der Waals surface area contributed by atoms with Crippen molar-refractivity contribution in [3.8, 4) is 0 Å². The number of nitrogens with two attached hydrogens (primary N) is 1. The Morgan fingerprint density at radius 3 is 2.53 bits per heavy atom. The fourth-order valence-corrected chi connectivity index (χ4v) is 3.59. The molecule has 0 aliphatic carbocycles. The number of hydrogen-bond acceptors (Lipinski definition) is 3. The van der Waals surface area contributed by atoms with Crippen molar-refractivity contribution in [3.05, 3.63) is 56.7 Å². The first-order valence-electron chi connectivity index (χ1n) is 5.86. The van der Waals surface area contributed by atoms with Gasteiger partial charge in [-0.3, -0.25) is 9.69 Å². The van der Waals surface area contributed by atoms with Crippen LogP contribution in [-0.2, 0) is 11.3 Å². The molecule has 3 nitrogen and oxygen atoms in total. The summed E-state index contributed by atoms with van der Waals surface area (Å²) in [6.45, 7) is 0.693. The molecule has 1 aromatic heterocycles. The van der Waals surface area contributed by atoms with Crippen molar-refractivity contribution in [2.24, 2.45) is 5.73 Å². The Balaban J connectivity index is 2.18. The highest BCUT2D eigenvalue weighted by atomic mass is 79.9. The molecule has 0 spiro atoms. The molecule has 1 atom stereocenters. The van der Waals surface area contributed by atoms with Gasteiger partial charge in [-0.1, -0.05) is 30.3 Å². The standard InChI is InChI=1S/C14H15BrN2OS/c1-17(9-11-7-8-12(15)19-11)13(14(16)18)10-5-3-2-4-6-10/h2-8,13H,9H2,1H3,(H2,16,18)/t13-/m1/s1. The number of likely N-dealkylation sites (N-methyl/N-ethyl adjacent to an activating group) is 1. The average molecular weight is 339 g/mol. The van der Waals surface area contributed by atoms with Crippen LogP contribution in [0.4, 0.5) is 0 Å². The predicted molar refractivity (Wildman–Crippen MR) is 81.9 cm³/mol. The number of benzene rings is 1. The molecule has 0 radical (unpaired) electrons. The van der Waals surface area contributed by atoms with E-state index in [0.29, 0.717) is 6.54 Å². The Labute approximate surface area is 125 Å². The van der Waals surface area contributed by atoms with E-state index in [1.54, 1.807) is 11.3 Å². The minimum Gasteiger partial charge on any atom is -0.368 e. The number of halogens is 1. The van der Waals surface area contributed by atoms with E-state index in [9.17, 15) is 4.79 Å². The second-order valence-corrected chi connectivity index (χ2v) is 6.88. The van der Waals surface area contributed by atoms with Gasteiger partial charge >= 0.3 is 0 Å². The molecule has 0 saturated heterocycles. The number of carbonyl (C=O) groups excluding carboxylic acids is 1. The normalized spacial score (nSPS) is 12.6. The van der Waals surface area contributed by atoms with Crippen LogP contribution in [0.15, 0.2) is 46.3 Å². The number of hydrogen-bond donors (Lipinski definition) is 1. The van der Waals surface area contributed by atoms with Crippen LogP contribution in [0.25, 0.3) is 0 Å². The van der Waals surface area contributed by atoms with E-state index >= 15 is 0 Å². The maximum atomic E-state index is 11.7. The van der Waals surface area contributed by atoms with Crippen molar-refractivity contribution in [2.75, 3.05) is 7.05 Å². The Morgan fingerprint density at radius 1 is 1.32 bits per heavy atom. The topological polar surface area (TPSA) is 46.3 Å². The molecule has 1 aromatic carbocycles. The number of rotatable bonds is 5. The van der Waals surface area contributed by atoms with Gasteiger partial charge in [0, 0.05) is 11.4 Å². The van der Waals surface area contributed by atoms with E-state index in [0.717, 1.165) is 9.35 Å². The Morgan fingerprint density at radius 2 is 2.00 bits per heavy atom. The molecular weight excluding hydrogens is 324 g/mol. The van der Waals surface area contributed by atoms with Gasteiger partial charge in [0.05, 0.1) is 3.79 Å². The lowest BCUT2D eigenvalue weighted by atomic mass is 10.1. The van der Waals surface area contributed by atoms with Gasteiger partial charge in [0.2, 0.25) is 5.91 Å². The van der Waals surface area contributed by atoms with Gasteiger partial charge in [-0.05, 0) is 40.7 Å². The van der Waals surface area contributed by atoms with Crippen molar-refractivity contribution in [2.45, 2.75) is 12.6 Å². The molecule has 0 fully saturated rings. The van der Waals surface area contributed by atoms with Crippen molar-refractivity contribution in [3.63, 3.8) is 0 Å². The first-order valence-corrected chi connectivity index (χ1v) is 7.47. The molecule has 19 heavy (non-hydrogen) atoms.